The Bertz CT molecular complexity index is 857. The lowest BCUT2D eigenvalue weighted by Gasteiger charge is -2.24. The predicted molar refractivity (Wildman–Crippen MR) is 148 cm³/mol. The summed E-state index contributed by atoms with van der Waals surface area (Å²) in [6, 6.07) is -1.93. The third kappa shape index (κ3) is 18.6. The molecule has 41 heavy (non-hydrogen) atoms. The first-order valence-electron chi connectivity index (χ1n) is 13.7. The van der Waals surface area contributed by atoms with Gasteiger partial charge in [0.05, 0.1) is 19.6 Å². The standard InChI is InChI=1S/C25H47N7O9/c1-16(2)22(24(39)31-18(23(28)38)8-3-5-9-26)41-25(40)17(27)7-4-6-10-30-19(33)14-32(15-21(36)37)12-11-29-13-20(34)35/h16-18,22,29H,3-15,26-27H2,1-2H3,(H2,28,38)(H,30,33)(H,31,39)(H,34,35)(H,36,37)/t17-,18-,22-/m0/s1. The van der Waals surface area contributed by atoms with Gasteiger partial charge in [-0.2, -0.15) is 0 Å². The Morgan fingerprint density at radius 3 is 2.12 bits per heavy atom. The Labute approximate surface area is 240 Å². The molecule has 0 heterocycles. The molecule has 0 radical (unpaired) electrons. The molecule has 3 amide bonds. The van der Waals surface area contributed by atoms with Crippen LogP contribution < -0.4 is 33.2 Å². The van der Waals surface area contributed by atoms with Crippen molar-refractivity contribution in [2.75, 3.05) is 45.8 Å². The number of hydrogen-bond acceptors (Lipinski definition) is 11. The first-order chi connectivity index (χ1) is 19.3. The molecule has 0 aliphatic rings. The summed E-state index contributed by atoms with van der Waals surface area (Å²) in [6.45, 7) is 3.58. The number of esters is 1. The number of nitrogens with zero attached hydrogens (tertiary/aromatic N) is 1. The van der Waals surface area contributed by atoms with Crippen molar-refractivity contribution in [1.82, 2.24) is 20.9 Å². The largest absolute Gasteiger partial charge is 0.480 e. The summed E-state index contributed by atoms with van der Waals surface area (Å²) in [4.78, 5) is 72.1. The number of unbranched alkanes of at least 4 members (excludes halogenated alkanes) is 2. The van der Waals surface area contributed by atoms with Crippen molar-refractivity contribution in [1.29, 1.82) is 0 Å². The van der Waals surface area contributed by atoms with E-state index in [2.05, 4.69) is 16.0 Å². The number of carboxylic acid groups (broad SMARTS) is 2. The van der Waals surface area contributed by atoms with Crippen molar-refractivity contribution in [2.24, 2.45) is 23.1 Å². The van der Waals surface area contributed by atoms with E-state index in [9.17, 15) is 28.8 Å². The highest BCUT2D eigenvalue weighted by atomic mass is 16.5. The van der Waals surface area contributed by atoms with Crippen LogP contribution in [0.2, 0.25) is 0 Å². The number of hydrogen-bond donors (Lipinski definition) is 8. The second-order valence-electron chi connectivity index (χ2n) is 9.98. The molecular formula is C25H47N7O9. The van der Waals surface area contributed by atoms with Crippen LogP contribution >= 0.6 is 0 Å². The average Bonchev–Trinajstić information content (AvgIpc) is 2.87. The van der Waals surface area contributed by atoms with Crippen LogP contribution in [0.1, 0.15) is 52.4 Å². The van der Waals surface area contributed by atoms with Gasteiger partial charge < -0.3 is 48.1 Å². The van der Waals surface area contributed by atoms with Crippen molar-refractivity contribution in [3.8, 4) is 0 Å². The summed E-state index contributed by atoms with van der Waals surface area (Å²) in [5, 5.41) is 25.5. The molecule has 0 saturated carbocycles. The molecule has 0 fully saturated rings. The fourth-order valence-corrected chi connectivity index (χ4v) is 3.67. The van der Waals surface area contributed by atoms with Gasteiger partial charge in [-0.15, -0.1) is 0 Å². The number of ether oxygens (including phenoxy) is 1. The number of amides is 3. The van der Waals surface area contributed by atoms with Gasteiger partial charge in [-0.3, -0.25) is 33.7 Å². The summed E-state index contributed by atoms with van der Waals surface area (Å²) in [7, 11) is 0. The van der Waals surface area contributed by atoms with E-state index in [0.717, 1.165) is 0 Å². The molecular weight excluding hydrogens is 542 g/mol. The zero-order valence-electron chi connectivity index (χ0n) is 23.9. The van der Waals surface area contributed by atoms with Crippen molar-refractivity contribution in [3.63, 3.8) is 0 Å². The lowest BCUT2D eigenvalue weighted by Crippen LogP contribution is -2.51. The van der Waals surface area contributed by atoms with Crippen LogP contribution in [-0.4, -0.2) is 115 Å². The molecule has 11 N–H and O–H groups in total. The van der Waals surface area contributed by atoms with Gasteiger partial charge in [-0.05, 0) is 51.0 Å². The molecule has 0 bridgehead atoms. The molecule has 0 spiro atoms. The number of rotatable bonds is 24. The highest BCUT2D eigenvalue weighted by Crippen LogP contribution is 2.11. The third-order valence-corrected chi connectivity index (χ3v) is 5.89. The van der Waals surface area contributed by atoms with Crippen molar-refractivity contribution < 1.29 is 43.7 Å². The van der Waals surface area contributed by atoms with Crippen LogP contribution in [-0.2, 0) is 33.5 Å². The SMILES string of the molecule is CC(C)[C@H](OC(=O)[C@@H](N)CCCCNC(=O)CN(CCNCC(=O)O)CC(=O)O)C(=O)N[C@@H](CCCCN)C(N)=O. The lowest BCUT2D eigenvalue weighted by molar-refractivity contribution is -0.160. The lowest BCUT2D eigenvalue weighted by atomic mass is 10.0. The highest BCUT2D eigenvalue weighted by Gasteiger charge is 2.31. The van der Waals surface area contributed by atoms with Gasteiger partial charge in [-0.1, -0.05) is 13.8 Å². The molecule has 0 aromatic rings. The Morgan fingerprint density at radius 2 is 1.56 bits per heavy atom. The third-order valence-electron chi connectivity index (χ3n) is 5.89. The number of primary amides is 1. The van der Waals surface area contributed by atoms with Crippen molar-refractivity contribution in [3.05, 3.63) is 0 Å². The molecule has 16 heteroatoms. The van der Waals surface area contributed by atoms with E-state index in [1.807, 2.05) is 0 Å². The smallest absolute Gasteiger partial charge is 0.323 e. The molecule has 0 unspecified atom stereocenters. The van der Waals surface area contributed by atoms with Crippen LogP contribution in [0.15, 0.2) is 0 Å². The summed E-state index contributed by atoms with van der Waals surface area (Å²) in [6.07, 6.45) is 1.56. The van der Waals surface area contributed by atoms with E-state index in [-0.39, 0.29) is 45.7 Å². The molecule has 0 saturated heterocycles. The van der Waals surface area contributed by atoms with Gasteiger partial charge in [0.15, 0.2) is 6.10 Å². The van der Waals surface area contributed by atoms with E-state index in [0.29, 0.717) is 38.6 Å². The maximum absolute atomic E-state index is 12.7. The highest BCUT2D eigenvalue weighted by molar-refractivity contribution is 5.90. The summed E-state index contributed by atoms with van der Waals surface area (Å²) >= 11 is 0. The Balaban J connectivity index is 4.57. The van der Waals surface area contributed by atoms with Crippen LogP contribution in [0.3, 0.4) is 0 Å². The van der Waals surface area contributed by atoms with Gasteiger partial charge in [0.2, 0.25) is 11.8 Å². The summed E-state index contributed by atoms with van der Waals surface area (Å²) in [5.74, 6) is -5.09. The normalized spacial score (nSPS) is 13.3. The van der Waals surface area contributed by atoms with Crippen LogP contribution in [0, 0.1) is 5.92 Å². The zero-order chi connectivity index (χ0) is 31.4. The minimum atomic E-state index is -1.17. The van der Waals surface area contributed by atoms with Crippen molar-refractivity contribution in [2.45, 2.75) is 70.6 Å². The number of nitrogens with two attached hydrogens (primary N) is 3. The van der Waals surface area contributed by atoms with Gasteiger partial charge in [0.25, 0.3) is 5.91 Å². The Morgan fingerprint density at radius 1 is 0.902 bits per heavy atom. The molecule has 0 rings (SSSR count). The fourth-order valence-electron chi connectivity index (χ4n) is 3.67. The number of carbonyl (C=O) groups excluding carboxylic acids is 4. The summed E-state index contributed by atoms with van der Waals surface area (Å²) < 4.78 is 5.36. The quantitative estimate of drug-likeness (QED) is 0.0422. The predicted octanol–water partition coefficient (Wildman–Crippen LogP) is -2.67. The topological polar surface area (TPSA) is 270 Å². The number of carboxylic acids is 2. The molecule has 0 aromatic carbocycles. The minimum Gasteiger partial charge on any atom is -0.480 e. The second-order valence-corrected chi connectivity index (χ2v) is 9.98. The van der Waals surface area contributed by atoms with Gasteiger partial charge in [0.1, 0.15) is 12.1 Å². The fraction of sp³-hybridized carbons (Fsp3) is 0.760. The van der Waals surface area contributed by atoms with Crippen LogP contribution in [0.4, 0.5) is 0 Å². The molecule has 236 valence electrons. The van der Waals surface area contributed by atoms with Crippen LogP contribution in [0.5, 0.6) is 0 Å². The number of aliphatic carboxylic acids is 2. The van der Waals surface area contributed by atoms with E-state index in [1.165, 1.54) is 4.90 Å². The summed E-state index contributed by atoms with van der Waals surface area (Å²) in [5.41, 5.74) is 16.8. The van der Waals surface area contributed by atoms with Crippen LogP contribution in [0.25, 0.3) is 0 Å². The maximum atomic E-state index is 12.7. The van der Waals surface area contributed by atoms with E-state index < -0.39 is 59.7 Å². The van der Waals surface area contributed by atoms with Gasteiger partial charge in [-0.25, -0.2) is 0 Å². The number of carbonyl (C=O) groups is 6. The zero-order valence-corrected chi connectivity index (χ0v) is 23.9. The molecule has 0 aromatic heterocycles. The molecule has 16 nitrogen and oxygen atoms in total. The minimum absolute atomic E-state index is 0.164. The Hall–Kier alpha value is -3.34. The van der Waals surface area contributed by atoms with E-state index in [1.54, 1.807) is 13.8 Å². The number of nitrogens with one attached hydrogen (secondary N) is 3. The first-order valence-corrected chi connectivity index (χ1v) is 13.7. The molecule has 0 aliphatic heterocycles. The van der Waals surface area contributed by atoms with Gasteiger partial charge in [0, 0.05) is 19.6 Å². The second kappa shape index (κ2) is 21.4. The Kier molecular flexibility index (Phi) is 19.7. The average molecular weight is 590 g/mol. The van der Waals surface area contributed by atoms with E-state index >= 15 is 0 Å². The van der Waals surface area contributed by atoms with Crippen molar-refractivity contribution >= 4 is 35.6 Å². The first kappa shape index (κ1) is 37.7. The maximum Gasteiger partial charge on any atom is 0.323 e. The van der Waals surface area contributed by atoms with E-state index in [4.69, 9.17) is 32.2 Å². The van der Waals surface area contributed by atoms with Gasteiger partial charge >= 0.3 is 17.9 Å². The molecule has 0 aliphatic carbocycles. The monoisotopic (exact) mass is 589 g/mol. The molecule has 3 atom stereocenters.